The average Bonchev–Trinajstić information content (AvgIpc) is 2.53. The molecular formula is C19H32Cl2N2. The van der Waals surface area contributed by atoms with Crippen molar-refractivity contribution in [3.63, 3.8) is 0 Å². The summed E-state index contributed by atoms with van der Waals surface area (Å²) >= 11 is 12.6. The van der Waals surface area contributed by atoms with Gasteiger partial charge in [0.2, 0.25) is 0 Å². The van der Waals surface area contributed by atoms with Crippen molar-refractivity contribution in [3.8, 4) is 0 Å². The smallest absolute Gasteiger partial charge is 0.137 e. The molecule has 132 valence electrons. The van der Waals surface area contributed by atoms with Gasteiger partial charge in [-0.25, -0.2) is 9.97 Å². The summed E-state index contributed by atoms with van der Waals surface area (Å²) in [6.45, 7) is 4.50. The third-order valence-electron chi connectivity index (χ3n) is 4.51. The third-order valence-corrected chi connectivity index (χ3v) is 5.11. The van der Waals surface area contributed by atoms with Crippen LogP contribution in [0.5, 0.6) is 0 Å². The molecule has 2 nitrogen and oxygen atoms in total. The van der Waals surface area contributed by atoms with Crippen molar-refractivity contribution in [2.45, 2.75) is 96.8 Å². The van der Waals surface area contributed by atoms with Crippen LogP contribution in [0.25, 0.3) is 0 Å². The van der Waals surface area contributed by atoms with Crippen LogP contribution in [0.3, 0.4) is 0 Å². The first kappa shape index (κ1) is 20.7. The molecule has 0 aliphatic heterocycles. The lowest BCUT2D eigenvalue weighted by Crippen LogP contribution is -2.04. The molecule has 0 saturated heterocycles. The fourth-order valence-corrected chi connectivity index (χ4v) is 3.74. The van der Waals surface area contributed by atoms with Gasteiger partial charge in [0, 0.05) is 5.56 Å². The second kappa shape index (κ2) is 13.0. The van der Waals surface area contributed by atoms with E-state index in [1.165, 1.54) is 70.5 Å². The van der Waals surface area contributed by atoms with Crippen LogP contribution in [0, 0.1) is 0 Å². The van der Waals surface area contributed by atoms with E-state index >= 15 is 0 Å². The van der Waals surface area contributed by atoms with Crippen LogP contribution in [0.15, 0.2) is 6.33 Å². The SMILES string of the molecule is CCCCCCCC(CCCCCCC)c1c(Cl)ncnc1Cl. The summed E-state index contributed by atoms with van der Waals surface area (Å²) in [5, 5.41) is 1.08. The van der Waals surface area contributed by atoms with E-state index in [-0.39, 0.29) is 0 Å². The van der Waals surface area contributed by atoms with Crippen LogP contribution >= 0.6 is 23.2 Å². The molecule has 0 atom stereocenters. The third kappa shape index (κ3) is 8.35. The first-order chi connectivity index (χ1) is 11.2. The zero-order valence-electron chi connectivity index (χ0n) is 14.8. The maximum absolute atomic E-state index is 6.31. The monoisotopic (exact) mass is 358 g/mol. The topological polar surface area (TPSA) is 25.8 Å². The van der Waals surface area contributed by atoms with Gasteiger partial charge in [-0.15, -0.1) is 0 Å². The van der Waals surface area contributed by atoms with Gasteiger partial charge in [-0.3, -0.25) is 0 Å². The molecule has 0 amide bonds. The van der Waals surface area contributed by atoms with Crippen molar-refractivity contribution >= 4 is 23.2 Å². The van der Waals surface area contributed by atoms with E-state index < -0.39 is 0 Å². The van der Waals surface area contributed by atoms with Gasteiger partial charge in [-0.05, 0) is 18.8 Å². The molecule has 1 aromatic rings. The van der Waals surface area contributed by atoms with Crippen molar-refractivity contribution < 1.29 is 0 Å². The molecule has 0 unspecified atom stereocenters. The highest BCUT2D eigenvalue weighted by atomic mass is 35.5. The van der Waals surface area contributed by atoms with Crippen LogP contribution in [0.2, 0.25) is 10.3 Å². The minimum absolute atomic E-state index is 0.402. The Bertz CT molecular complexity index is 390. The summed E-state index contributed by atoms with van der Waals surface area (Å²) in [5.74, 6) is 0.402. The van der Waals surface area contributed by atoms with Crippen molar-refractivity contribution in [2.24, 2.45) is 0 Å². The number of nitrogens with zero attached hydrogens (tertiary/aromatic N) is 2. The van der Waals surface area contributed by atoms with Crippen molar-refractivity contribution in [3.05, 3.63) is 22.2 Å². The lowest BCUT2D eigenvalue weighted by Gasteiger charge is -2.19. The average molecular weight is 359 g/mol. The fraction of sp³-hybridized carbons (Fsp3) is 0.789. The second-order valence-electron chi connectivity index (χ2n) is 6.47. The zero-order valence-corrected chi connectivity index (χ0v) is 16.3. The molecule has 0 aliphatic rings. The van der Waals surface area contributed by atoms with E-state index in [1.807, 2.05) is 0 Å². The van der Waals surface area contributed by atoms with Gasteiger partial charge in [-0.2, -0.15) is 0 Å². The Morgan fingerprint density at radius 1 is 0.739 bits per heavy atom. The van der Waals surface area contributed by atoms with Crippen LogP contribution < -0.4 is 0 Å². The Balaban J connectivity index is 2.57. The lowest BCUT2D eigenvalue weighted by molar-refractivity contribution is 0.489. The highest BCUT2D eigenvalue weighted by Gasteiger charge is 2.19. The summed E-state index contributed by atoms with van der Waals surface area (Å²) in [4.78, 5) is 8.29. The minimum Gasteiger partial charge on any atom is -0.224 e. The van der Waals surface area contributed by atoms with E-state index in [4.69, 9.17) is 23.2 Å². The number of hydrogen-bond donors (Lipinski definition) is 0. The molecule has 0 N–H and O–H groups in total. The minimum atomic E-state index is 0.402. The molecule has 0 aliphatic carbocycles. The summed E-state index contributed by atoms with van der Waals surface area (Å²) in [6.07, 6.45) is 16.7. The van der Waals surface area contributed by atoms with Gasteiger partial charge >= 0.3 is 0 Å². The zero-order chi connectivity index (χ0) is 16.9. The van der Waals surface area contributed by atoms with Crippen LogP contribution in [-0.2, 0) is 0 Å². The Kier molecular flexibility index (Phi) is 11.7. The number of rotatable bonds is 13. The van der Waals surface area contributed by atoms with Crippen LogP contribution in [0.4, 0.5) is 0 Å². The lowest BCUT2D eigenvalue weighted by atomic mass is 9.89. The second-order valence-corrected chi connectivity index (χ2v) is 7.19. The van der Waals surface area contributed by atoms with E-state index in [9.17, 15) is 0 Å². The molecule has 1 heterocycles. The highest BCUT2D eigenvalue weighted by molar-refractivity contribution is 6.34. The van der Waals surface area contributed by atoms with E-state index in [2.05, 4.69) is 23.8 Å². The highest BCUT2D eigenvalue weighted by Crippen LogP contribution is 2.35. The largest absolute Gasteiger partial charge is 0.224 e. The van der Waals surface area contributed by atoms with Gasteiger partial charge in [0.25, 0.3) is 0 Å². The summed E-state index contributed by atoms with van der Waals surface area (Å²) < 4.78 is 0. The number of unbranched alkanes of at least 4 members (excludes halogenated alkanes) is 8. The summed E-state index contributed by atoms with van der Waals surface area (Å²) in [6, 6.07) is 0. The molecule has 0 aromatic carbocycles. The Morgan fingerprint density at radius 2 is 1.17 bits per heavy atom. The molecule has 1 aromatic heterocycles. The van der Waals surface area contributed by atoms with Gasteiger partial charge in [0.05, 0.1) is 0 Å². The Labute approximate surface area is 152 Å². The quantitative estimate of drug-likeness (QED) is 0.268. The van der Waals surface area contributed by atoms with Crippen molar-refractivity contribution in [1.29, 1.82) is 0 Å². The molecule has 1 rings (SSSR count). The molecule has 0 radical (unpaired) electrons. The van der Waals surface area contributed by atoms with Gasteiger partial charge in [0.15, 0.2) is 0 Å². The van der Waals surface area contributed by atoms with E-state index in [0.29, 0.717) is 16.2 Å². The molecule has 0 fully saturated rings. The first-order valence-electron chi connectivity index (χ1n) is 9.36. The predicted octanol–water partition coefficient (Wildman–Crippen LogP) is 7.59. The Hall–Kier alpha value is -0.340. The summed E-state index contributed by atoms with van der Waals surface area (Å²) in [5.41, 5.74) is 0.974. The van der Waals surface area contributed by atoms with Crippen molar-refractivity contribution in [1.82, 2.24) is 9.97 Å². The normalized spacial score (nSPS) is 11.3. The van der Waals surface area contributed by atoms with Crippen molar-refractivity contribution in [2.75, 3.05) is 0 Å². The van der Waals surface area contributed by atoms with Gasteiger partial charge in [-0.1, -0.05) is 101 Å². The van der Waals surface area contributed by atoms with Crippen LogP contribution in [-0.4, -0.2) is 9.97 Å². The Morgan fingerprint density at radius 3 is 1.61 bits per heavy atom. The predicted molar refractivity (Wildman–Crippen MR) is 102 cm³/mol. The first-order valence-corrected chi connectivity index (χ1v) is 10.1. The molecule has 0 spiro atoms. The van der Waals surface area contributed by atoms with Gasteiger partial charge in [0.1, 0.15) is 16.6 Å². The molecule has 23 heavy (non-hydrogen) atoms. The van der Waals surface area contributed by atoms with Gasteiger partial charge < -0.3 is 0 Å². The number of hydrogen-bond acceptors (Lipinski definition) is 2. The van der Waals surface area contributed by atoms with Crippen LogP contribution in [0.1, 0.15) is 102 Å². The number of halogens is 2. The molecule has 0 bridgehead atoms. The molecule has 4 heteroatoms. The van der Waals surface area contributed by atoms with E-state index in [0.717, 1.165) is 18.4 Å². The fourth-order valence-electron chi connectivity index (χ4n) is 3.11. The maximum atomic E-state index is 6.31. The molecule has 0 saturated carbocycles. The number of aromatic nitrogens is 2. The molecular weight excluding hydrogens is 327 g/mol. The standard InChI is InChI=1S/C19H32Cl2N2/c1-3-5-7-9-11-13-16(14-12-10-8-6-4-2)17-18(20)22-15-23-19(17)21/h15-16H,3-14H2,1-2H3. The van der Waals surface area contributed by atoms with E-state index in [1.54, 1.807) is 0 Å². The maximum Gasteiger partial charge on any atom is 0.137 e. The summed E-state index contributed by atoms with van der Waals surface area (Å²) in [7, 11) is 0.